The lowest BCUT2D eigenvalue weighted by atomic mass is 10.1. The first-order chi connectivity index (χ1) is 9.22. The van der Waals surface area contributed by atoms with Crippen LogP contribution in [-0.4, -0.2) is 41.5 Å². The fourth-order valence-corrected chi connectivity index (χ4v) is 2.11. The van der Waals surface area contributed by atoms with E-state index in [0.717, 1.165) is 6.42 Å². The van der Waals surface area contributed by atoms with Gasteiger partial charge in [-0.3, -0.25) is 14.6 Å². The average Bonchev–Trinajstić information content (AvgIpc) is 2.94. The molecule has 1 aliphatic rings. The number of nitrogens with zero attached hydrogens (tertiary/aromatic N) is 2. The molecule has 0 spiro atoms. The normalized spacial score (nSPS) is 18.4. The van der Waals surface area contributed by atoms with Gasteiger partial charge in [-0.25, -0.2) is 0 Å². The molecular formula is C14H18N2O3. The van der Waals surface area contributed by atoms with Gasteiger partial charge in [-0.05, 0) is 25.0 Å². The van der Waals surface area contributed by atoms with Crippen LogP contribution in [-0.2, 0) is 9.53 Å². The number of aromatic nitrogens is 1. The summed E-state index contributed by atoms with van der Waals surface area (Å²) in [5, 5.41) is 0. The Morgan fingerprint density at radius 1 is 1.47 bits per heavy atom. The van der Waals surface area contributed by atoms with Gasteiger partial charge in [0.15, 0.2) is 0 Å². The van der Waals surface area contributed by atoms with E-state index in [1.807, 2.05) is 6.92 Å². The Hall–Kier alpha value is -1.91. The molecule has 1 fully saturated rings. The molecule has 1 aromatic rings. The topological polar surface area (TPSA) is 59.5 Å². The number of ether oxygens (including phenoxy) is 1. The van der Waals surface area contributed by atoms with Crippen LogP contribution in [0.1, 0.15) is 30.3 Å². The lowest BCUT2D eigenvalue weighted by Gasteiger charge is -2.15. The van der Waals surface area contributed by atoms with Crippen molar-refractivity contribution in [2.75, 3.05) is 19.7 Å². The first kappa shape index (κ1) is 13.5. The molecule has 1 amide bonds. The third-order valence-electron chi connectivity index (χ3n) is 3.14. The summed E-state index contributed by atoms with van der Waals surface area (Å²) in [5.74, 6) is -0.510. The second kappa shape index (κ2) is 6.31. The van der Waals surface area contributed by atoms with Crippen LogP contribution >= 0.6 is 0 Å². The van der Waals surface area contributed by atoms with Crippen LogP contribution in [0.5, 0.6) is 0 Å². The zero-order valence-electron chi connectivity index (χ0n) is 11.0. The van der Waals surface area contributed by atoms with Gasteiger partial charge in [0.25, 0.3) is 5.91 Å². The molecule has 19 heavy (non-hydrogen) atoms. The van der Waals surface area contributed by atoms with Gasteiger partial charge in [0.1, 0.15) is 5.69 Å². The third-order valence-corrected chi connectivity index (χ3v) is 3.14. The second-order valence-corrected chi connectivity index (χ2v) is 4.62. The largest absolute Gasteiger partial charge is 0.465 e. The summed E-state index contributed by atoms with van der Waals surface area (Å²) in [4.78, 5) is 29.6. The van der Waals surface area contributed by atoms with Crippen LogP contribution in [0.25, 0.3) is 0 Å². The van der Waals surface area contributed by atoms with Gasteiger partial charge in [-0.1, -0.05) is 13.0 Å². The molecule has 1 atom stereocenters. The first-order valence-electron chi connectivity index (χ1n) is 6.59. The molecule has 0 aliphatic carbocycles. The van der Waals surface area contributed by atoms with Crippen molar-refractivity contribution in [3.05, 3.63) is 30.1 Å². The molecule has 0 aromatic carbocycles. The third kappa shape index (κ3) is 3.30. The van der Waals surface area contributed by atoms with Gasteiger partial charge in [-0.15, -0.1) is 0 Å². The standard InChI is InChI=1S/C14H18N2O3/c1-2-9-19-14(18)11-6-8-16(10-11)13(17)12-5-3-4-7-15-12/h3-5,7,11H,2,6,8-10H2,1H3. The van der Waals surface area contributed by atoms with Crippen molar-refractivity contribution in [3.8, 4) is 0 Å². The van der Waals surface area contributed by atoms with Crippen molar-refractivity contribution in [1.82, 2.24) is 9.88 Å². The molecule has 5 heteroatoms. The number of amides is 1. The number of hydrogen-bond acceptors (Lipinski definition) is 4. The van der Waals surface area contributed by atoms with E-state index in [1.54, 1.807) is 29.3 Å². The molecule has 0 radical (unpaired) electrons. The first-order valence-corrected chi connectivity index (χ1v) is 6.59. The Morgan fingerprint density at radius 3 is 3.00 bits per heavy atom. The quantitative estimate of drug-likeness (QED) is 0.771. The van der Waals surface area contributed by atoms with Gasteiger partial charge in [-0.2, -0.15) is 0 Å². The summed E-state index contributed by atoms with van der Waals surface area (Å²) in [5.41, 5.74) is 0.421. The molecule has 1 aliphatic heterocycles. The zero-order valence-corrected chi connectivity index (χ0v) is 11.0. The van der Waals surface area contributed by atoms with Gasteiger partial charge < -0.3 is 9.64 Å². The highest BCUT2D eigenvalue weighted by atomic mass is 16.5. The zero-order chi connectivity index (χ0) is 13.7. The molecule has 0 N–H and O–H groups in total. The second-order valence-electron chi connectivity index (χ2n) is 4.62. The van der Waals surface area contributed by atoms with Crippen molar-refractivity contribution in [3.63, 3.8) is 0 Å². The van der Waals surface area contributed by atoms with E-state index in [-0.39, 0.29) is 17.8 Å². The van der Waals surface area contributed by atoms with Crippen molar-refractivity contribution in [1.29, 1.82) is 0 Å². The molecule has 102 valence electrons. The fourth-order valence-electron chi connectivity index (χ4n) is 2.11. The predicted octanol–water partition coefficient (Wildman–Crippen LogP) is 1.50. The van der Waals surface area contributed by atoms with Crippen molar-refractivity contribution in [2.45, 2.75) is 19.8 Å². The molecule has 2 heterocycles. The summed E-state index contributed by atoms with van der Waals surface area (Å²) >= 11 is 0. The van der Waals surface area contributed by atoms with E-state index in [9.17, 15) is 9.59 Å². The van der Waals surface area contributed by atoms with Crippen LogP contribution in [0.4, 0.5) is 0 Å². The van der Waals surface area contributed by atoms with Crippen LogP contribution < -0.4 is 0 Å². The number of carbonyl (C=O) groups excluding carboxylic acids is 2. The maximum Gasteiger partial charge on any atom is 0.310 e. The monoisotopic (exact) mass is 262 g/mol. The number of hydrogen-bond donors (Lipinski definition) is 0. The average molecular weight is 262 g/mol. The molecule has 1 aromatic heterocycles. The van der Waals surface area contributed by atoms with E-state index >= 15 is 0 Å². The molecule has 1 saturated heterocycles. The Bertz CT molecular complexity index is 447. The van der Waals surface area contributed by atoms with Gasteiger partial charge >= 0.3 is 5.97 Å². The molecule has 1 unspecified atom stereocenters. The Kier molecular flexibility index (Phi) is 4.49. The summed E-state index contributed by atoms with van der Waals surface area (Å²) < 4.78 is 5.12. The van der Waals surface area contributed by atoms with Crippen molar-refractivity contribution < 1.29 is 14.3 Å². The van der Waals surface area contributed by atoms with Gasteiger partial charge in [0.05, 0.1) is 12.5 Å². The summed E-state index contributed by atoms with van der Waals surface area (Å²) in [6.45, 7) is 3.42. The lowest BCUT2D eigenvalue weighted by molar-refractivity contribution is -0.148. The number of likely N-dealkylation sites (tertiary alicyclic amines) is 1. The van der Waals surface area contributed by atoms with E-state index in [4.69, 9.17) is 4.74 Å². The number of carbonyl (C=O) groups is 2. The molecule has 0 saturated carbocycles. The van der Waals surface area contributed by atoms with Crippen LogP contribution in [0, 0.1) is 5.92 Å². The summed E-state index contributed by atoms with van der Waals surface area (Å²) in [6.07, 6.45) is 3.08. The van der Waals surface area contributed by atoms with Crippen molar-refractivity contribution in [2.24, 2.45) is 5.92 Å². The maximum atomic E-state index is 12.1. The Morgan fingerprint density at radius 2 is 2.32 bits per heavy atom. The predicted molar refractivity (Wildman–Crippen MR) is 69.5 cm³/mol. The highest BCUT2D eigenvalue weighted by Crippen LogP contribution is 2.19. The minimum atomic E-state index is -0.196. The Labute approximate surface area is 112 Å². The fraction of sp³-hybridized carbons (Fsp3) is 0.500. The highest BCUT2D eigenvalue weighted by molar-refractivity contribution is 5.92. The lowest BCUT2D eigenvalue weighted by Crippen LogP contribution is -2.31. The Balaban J connectivity index is 1.91. The van der Waals surface area contributed by atoms with E-state index in [1.165, 1.54) is 0 Å². The molecule has 5 nitrogen and oxygen atoms in total. The van der Waals surface area contributed by atoms with Crippen LogP contribution in [0.3, 0.4) is 0 Å². The van der Waals surface area contributed by atoms with E-state index < -0.39 is 0 Å². The summed E-state index contributed by atoms with van der Waals surface area (Å²) in [6, 6.07) is 5.24. The number of esters is 1. The number of rotatable bonds is 4. The SMILES string of the molecule is CCCOC(=O)C1CCN(C(=O)c2ccccn2)C1. The van der Waals surface area contributed by atoms with Crippen LogP contribution in [0.15, 0.2) is 24.4 Å². The van der Waals surface area contributed by atoms with Crippen molar-refractivity contribution >= 4 is 11.9 Å². The van der Waals surface area contributed by atoms with E-state index in [0.29, 0.717) is 31.8 Å². The minimum Gasteiger partial charge on any atom is -0.465 e. The molecular weight excluding hydrogens is 244 g/mol. The van der Waals surface area contributed by atoms with Crippen LogP contribution in [0.2, 0.25) is 0 Å². The molecule has 2 rings (SSSR count). The smallest absolute Gasteiger partial charge is 0.310 e. The molecule has 0 bridgehead atoms. The van der Waals surface area contributed by atoms with Gasteiger partial charge in [0, 0.05) is 19.3 Å². The number of pyridine rings is 1. The minimum absolute atomic E-state index is 0.119. The maximum absolute atomic E-state index is 12.1. The summed E-state index contributed by atoms with van der Waals surface area (Å²) in [7, 11) is 0. The van der Waals surface area contributed by atoms with Gasteiger partial charge in [0.2, 0.25) is 0 Å². The van der Waals surface area contributed by atoms with E-state index in [2.05, 4.69) is 4.98 Å². The highest BCUT2D eigenvalue weighted by Gasteiger charge is 2.32.